The second kappa shape index (κ2) is 7.20. The van der Waals surface area contributed by atoms with E-state index in [1.807, 2.05) is 18.2 Å². The Kier molecular flexibility index (Phi) is 5.01. The van der Waals surface area contributed by atoms with Crippen molar-refractivity contribution in [3.05, 3.63) is 65.2 Å². The first-order chi connectivity index (χ1) is 13.3. The first-order valence-corrected chi connectivity index (χ1v) is 10.5. The van der Waals surface area contributed by atoms with E-state index in [-0.39, 0.29) is 16.9 Å². The van der Waals surface area contributed by atoms with E-state index in [9.17, 15) is 5.11 Å². The van der Waals surface area contributed by atoms with Crippen LogP contribution < -0.4 is 0 Å². The van der Waals surface area contributed by atoms with Crippen molar-refractivity contribution in [2.75, 3.05) is 13.1 Å². The van der Waals surface area contributed by atoms with Gasteiger partial charge in [0.25, 0.3) is 0 Å². The molecule has 0 saturated carbocycles. The Morgan fingerprint density at radius 2 is 1.89 bits per heavy atom. The van der Waals surface area contributed by atoms with Gasteiger partial charge in [-0.25, -0.2) is 0 Å². The fourth-order valence-electron chi connectivity index (χ4n) is 5.45. The molecule has 2 aliphatic rings. The van der Waals surface area contributed by atoms with Crippen LogP contribution in [0.25, 0.3) is 0 Å². The minimum absolute atomic E-state index is 0.142. The number of nitrogens with zero attached hydrogens (tertiary/aromatic N) is 1. The van der Waals surface area contributed by atoms with E-state index < -0.39 is 0 Å². The monoisotopic (exact) mass is 379 g/mol. The average molecular weight is 380 g/mol. The third-order valence-corrected chi connectivity index (χ3v) is 7.56. The summed E-state index contributed by atoms with van der Waals surface area (Å²) >= 11 is 0. The molecule has 150 valence electrons. The van der Waals surface area contributed by atoms with E-state index in [2.05, 4.69) is 62.9 Å². The zero-order valence-corrected chi connectivity index (χ0v) is 17.6. The summed E-state index contributed by atoms with van der Waals surface area (Å²) in [5.41, 5.74) is 4.29. The van der Waals surface area contributed by atoms with Gasteiger partial charge in [0.15, 0.2) is 0 Å². The predicted molar refractivity (Wildman–Crippen MR) is 114 cm³/mol. The highest BCUT2D eigenvalue weighted by atomic mass is 16.5. The molecule has 2 aromatic carbocycles. The fraction of sp³-hybridized carbons (Fsp3) is 0.520. The molecule has 3 heteroatoms. The van der Waals surface area contributed by atoms with Crippen LogP contribution in [0.4, 0.5) is 0 Å². The largest absolute Gasteiger partial charge is 0.508 e. The lowest BCUT2D eigenvalue weighted by Crippen LogP contribution is -2.64. The fourth-order valence-corrected chi connectivity index (χ4v) is 5.45. The highest BCUT2D eigenvalue weighted by Gasteiger charge is 2.55. The molecule has 0 amide bonds. The van der Waals surface area contributed by atoms with Gasteiger partial charge in [-0.15, -0.1) is 0 Å². The number of phenolic OH excluding ortho intramolecular Hbond substituents is 1. The van der Waals surface area contributed by atoms with Crippen LogP contribution in [0.2, 0.25) is 0 Å². The smallest absolute Gasteiger partial charge is 0.115 e. The number of likely N-dealkylation sites (tertiary alicyclic amines) is 1. The van der Waals surface area contributed by atoms with Gasteiger partial charge in [0.05, 0.1) is 12.7 Å². The number of aromatic hydroxyl groups is 1. The molecule has 2 aromatic rings. The second-order valence-electron chi connectivity index (χ2n) is 9.47. The van der Waals surface area contributed by atoms with Crippen LogP contribution >= 0.6 is 0 Å². The Labute approximate surface area is 169 Å². The number of benzene rings is 2. The zero-order chi connectivity index (χ0) is 19.9. The van der Waals surface area contributed by atoms with Gasteiger partial charge in [-0.2, -0.15) is 0 Å². The molecule has 0 aromatic heterocycles. The predicted octanol–water partition coefficient (Wildman–Crippen LogP) is 4.91. The van der Waals surface area contributed by atoms with E-state index in [0.29, 0.717) is 18.4 Å². The van der Waals surface area contributed by atoms with E-state index in [4.69, 9.17) is 4.74 Å². The number of hydrogen-bond donors (Lipinski definition) is 1. The molecule has 1 fully saturated rings. The van der Waals surface area contributed by atoms with Crippen molar-refractivity contribution in [2.45, 2.75) is 64.7 Å². The summed E-state index contributed by atoms with van der Waals surface area (Å²) in [6.07, 6.45) is 2.32. The lowest BCUT2D eigenvalue weighted by Gasteiger charge is -2.61. The van der Waals surface area contributed by atoms with Crippen LogP contribution in [0.5, 0.6) is 5.75 Å². The van der Waals surface area contributed by atoms with Gasteiger partial charge < -0.3 is 9.84 Å². The Balaban J connectivity index is 1.50. The lowest BCUT2D eigenvalue weighted by atomic mass is 9.51. The van der Waals surface area contributed by atoms with Crippen molar-refractivity contribution in [3.8, 4) is 5.75 Å². The number of ether oxygens (including phenoxy) is 1. The van der Waals surface area contributed by atoms with Crippen LogP contribution in [-0.2, 0) is 23.2 Å². The standard InChI is InChI=1S/C25H33NO2/c1-18(28-17-19-8-6-5-7-9-19)16-26-13-12-25(4)22-11-10-21(27)14-20(22)15-23(26)24(25,2)3/h5-11,14,18,23,27H,12-13,15-17H2,1-4H3/t18-,23-,25+/m1/s1. The Bertz CT molecular complexity index is 832. The van der Waals surface area contributed by atoms with Gasteiger partial charge in [0.1, 0.15) is 5.75 Å². The SMILES string of the molecule is C[C@H](CN1CC[C@@]2(C)c3ccc(O)cc3C[C@@H]1C2(C)C)OCc1ccccc1. The van der Waals surface area contributed by atoms with Crippen LogP contribution in [0.1, 0.15) is 50.8 Å². The minimum atomic E-state index is 0.142. The molecule has 0 spiro atoms. The van der Waals surface area contributed by atoms with E-state index in [1.165, 1.54) is 16.7 Å². The summed E-state index contributed by atoms with van der Waals surface area (Å²) in [6.45, 7) is 12.2. The number of piperidine rings is 1. The molecule has 0 unspecified atom stereocenters. The molecule has 2 bridgehead atoms. The summed E-state index contributed by atoms with van der Waals surface area (Å²) < 4.78 is 6.17. The molecule has 1 saturated heterocycles. The third kappa shape index (κ3) is 3.25. The molecule has 1 aliphatic heterocycles. The molecule has 3 nitrogen and oxygen atoms in total. The quantitative estimate of drug-likeness (QED) is 0.801. The Morgan fingerprint density at radius 3 is 2.64 bits per heavy atom. The van der Waals surface area contributed by atoms with Crippen molar-refractivity contribution < 1.29 is 9.84 Å². The summed E-state index contributed by atoms with van der Waals surface area (Å²) in [5.74, 6) is 0.381. The molecular formula is C25H33NO2. The molecule has 1 heterocycles. The van der Waals surface area contributed by atoms with Crippen LogP contribution in [0.15, 0.2) is 48.5 Å². The molecule has 1 aliphatic carbocycles. The molecule has 4 rings (SSSR count). The lowest BCUT2D eigenvalue weighted by molar-refractivity contribution is -0.0648. The number of fused-ring (bicyclic) bond motifs is 4. The van der Waals surface area contributed by atoms with Crippen molar-refractivity contribution in [2.24, 2.45) is 5.41 Å². The number of hydrogen-bond acceptors (Lipinski definition) is 3. The highest BCUT2D eigenvalue weighted by Crippen LogP contribution is 2.56. The van der Waals surface area contributed by atoms with Crippen LogP contribution in [0, 0.1) is 5.41 Å². The molecular weight excluding hydrogens is 346 g/mol. The van der Waals surface area contributed by atoms with E-state index in [0.717, 1.165) is 25.9 Å². The van der Waals surface area contributed by atoms with Gasteiger partial charge in [0.2, 0.25) is 0 Å². The van der Waals surface area contributed by atoms with Crippen LogP contribution in [-0.4, -0.2) is 35.2 Å². The number of phenols is 1. The van der Waals surface area contributed by atoms with Gasteiger partial charge >= 0.3 is 0 Å². The third-order valence-electron chi connectivity index (χ3n) is 7.56. The number of rotatable bonds is 5. The summed E-state index contributed by atoms with van der Waals surface area (Å²) in [6, 6.07) is 16.9. The molecule has 0 radical (unpaired) electrons. The Hall–Kier alpha value is -1.84. The first kappa shape index (κ1) is 19.5. The topological polar surface area (TPSA) is 32.7 Å². The minimum Gasteiger partial charge on any atom is -0.508 e. The first-order valence-electron chi connectivity index (χ1n) is 10.5. The second-order valence-corrected chi connectivity index (χ2v) is 9.47. The van der Waals surface area contributed by atoms with Crippen molar-refractivity contribution in [1.82, 2.24) is 4.90 Å². The van der Waals surface area contributed by atoms with E-state index in [1.54, 1.807) is 0 Å². The maximum Gasteiger partial charge on any atom is 0.115 e. The maximum absolute atomic E-state index is 10.0. The molecule has 1 N–H and O–H groups in total. The summed E-state index contributed by atoms with van der Waals surface area (Å²) in [5, 5.41) is 10.0. The van der Waals surface area contributed by atoms with Gasteiger partial charge in [-0.05, 0) is 60.5 Å². The maximum atomic E-state index is 10.0. The van der Waals surface area contributed by atoms with Gasteiger partial charge in [0, 0.05) is 18.0 Å². The molecule has 28 heavy (non-hydrogen) atoms. The van der Waals surface area contributed by atoms with E-state index >= 15 is 0 Å². The average Bonchev–Trinajstić information content (AvgIpc) is 2.66. The molecule has 3 atom stereocenters. The normalized spacial score (nSPS) is 27.2. The Morgan fingerprint density at radius 1 is 1.14 bits per heavy atom. The van der Waals surface area contributed by atoms with Crippen molar-refractivity contribution in [3.63, 3.8) is 0 Å². The highest BCUT2D eigenvalue weighted by molar-refractivity contribution is 5.45. The summed E-state index contributed by atoms with van der Waals surface area (Å²) in [7, 11) is 0. The zero-order valence-electron chi connectivity index (χ0n) is 17.6. The van der Waals surface area contributed by atoms with Crippen LogP contribution in [0.3, 0.4) is 0 Å². The van der Waals surface area contributed by atoms with Crippen molar-refractivity contribution >= 4 is 0 Å². The van der Waals surface area contributed by atoms with Crippen molar-refractivity contribution in [1.29, 1.82) is 0 Å². The summed E-state index contributed by atoms with van der Waals surface area (Å²) in [4.78, 5) is 2.63. The van der Waals surface area contributed by atoms with Gasteiger partial charge in [-0.1, -0.05) is 57.2 Å². The van der Waals surface area contributed by atoms with Gasteiger partial charge in [-0.3, -0.25) is 4.90 Å².